The Hall–Kier alpha value is -2.82. The highest BCUT2D eigenvalue weighted by molar-refractivity contribution is 5.80. The maximum absolute atomic E-state index is 12.8. The molecule has 0 unspecified atom stereocenters. The van der Waals surface area contributed by atoms with Crippen molar-refractivity contribution in [1.29, 1.82) is 0 Å². The van der Waals surface area contributed by atoms with Gasteiger partial charge in [0, 0.05) is 24.8 Å². The van der Waals surface area contributed by atoms with Crippen molar-refractivity contribution in [2.75, 3.05) is 13.2 Å². The number of fused-ring (bicyclic) bond motifs is 1. The third-order valence-electron chi connectivity index (χ3n) is 3.54. The summed E-state index contributed by atoms with van der Waals surface area (Å²) in [4.78, 5) is 11.8. The molecule has 0 aliphatic heterocycles. The van der Waals surface area contributed by atoms with E-state index in [1.54, 1.807) is 0 Å². The number of hydrogen-bond acceptors (Lipinski definition) is 2. The Morgan fingerprint density at radius 3 is 2.70 bits per heavy atom. The summed E-state index contributed by atoms with van der Waals surface area (Å²) in [5, 5.41) is 3.99. The number of nitrogens with one attached hydrogen (secondary N) is 1. The van der Waals surface area contributed by atoms with E-state index in [4.69, 9.17) is 4.74 Å². The molecule has 0 bridgehead atoms. The Morgan fingerprint density at radius 1 is 1.09 bits per heavy atom. The minimum atomic E-state index is -0.333. The predicted molar refractivity (Wildman–Crippen MR) is 86.8 cm³/mol. The fourth-order valence-electron chi connectivity index (χ4n) is 2.38. The fraction of sp³-hybridized carbons (Fsp3) is 0.167. The van der Waals surface area contributed by atoms with E-state index in [0.717, 1.165) is 5.52 Å². The molecule has 0 fully saturated rings. The van der Waals surface area contributed by atoms with E-state index in [-0.39, 0.29) is 18.3 Å². The zero-order valence-electron chi connectivity index (χ0n) is 12.5. The molecule has 1 N–H and O–H groups in total. The van der Waals surface area contributed by atoms with Crippen LogP contribution in [-0.4, -0.2) is 23.6 Å². The Kier molecular flexibility index (Phi) is 4.57. The number of amides is 1. The monoisotopic (exact) mass is 312 g/mol. The SMILES string of the molecule is O=C(COc1ccc(F)cc1)NCCn1ccc2ccccc21. The van der Waals surface area contributed by atoms with E-state index in [0.29, 0.717) is 18.8 Å². The number of hydrogen-bond donors (Lipinski definition) is 1. The van der Waals surface area contributed by atoms with Crippen molar-refractivity contribution in [3.05, 3.63) is 66.6 Å². The van der Waals surface area contributed by atoms with Crippen LogP contribution in [0.4, 0.5) is 4.39 Å². The molecule has 1 amide bonds. The lowest BCUT2D eigenvalue weighted by Crippen LogP contribution is -2.31. The van der Waals surface area contributed by atoms with Gasteiger partial charge in [-0.05, 0) is 41.8 Å². The number of ether oxygens (including phenoxy) is 1. The van der Waals surface area contributed by atoms with Crippen LogP contribution in [0.2, 0.25) is 0 Å². The van der Waals surface area contributed by atoms with Gasteiger partial charge in [-0.25, -0.2) is 4.39 Å². The Balaban J connectivity index is 1.45. The van der Waals surface area contributed by atoms with E-state index in [1.807, 2.05) is 18.3 Å². The topological polar surface area (TPSA) is 43.3 Å². The van der Waals surface area contributed by atoms with Gasteiger partial charge in [0.25, 0.3) is 5.91 Å². The van der Waals surface area contributed by atoms with Gasteiger partial charge in [0.1, 0.15) is 11.6 Å². The molecule has 4 nitrogen and oxygen atoms in total. The Morgan fingerprint density at radius 2 is 1.87 bits per heavy atom. The predicted octanol–water partition coefficient (Wildman–Crippen LogP) is 2.98. The average molecular weight is 312 g/mol. The van der Waals surface area contributed by atoms with Gasteiger partial charge in [-0.1, -0.05) is 18.2 Å². The van der Waals surface area contributed by atoms with Gasteiger partial charge in [0.05, 0.1) is 0 Å². The van der Waals surface area contributed by atoms with E-state index in [1.165, 1.54) is 29.7 Å². The van der Waals surface area contributed by atoms with Gasteiger partial charge in [-0.15, -0.1) is 0 Å². The minimum absolute atomic E-state index is 0.0853. The summed E-state index contributed by atoms with van der Waals surface area (Å²) in [6, 6.07) is 15.7. The molecule has 0 radical (unpaired) electrons. The number of carbonyl (C=O) groups excluding carboxylic acids is 1. The largest absolute Gasteiger partial charge is 0.484 e. The van der Waals surface area contributed by atoms with Crippen molar-refractivity contribution in [1.82, 2.24) is 9.88 Å². The second kappa shape index (κ2) is 6.96. The fourth-order valence-corrected chi connectivity index (χ4v) is 2.38. The quantitative estimate of drug-likeness (QED) is 0.760. The van der Waals surface area contributed by atoms with Crippen molar-refractivity contribution in [2.24, 2.45) is 0 Å². The average Bonchev–Trinajstić information content (AvgIpc) is 2.98. The first-order valence-electron chi connectivity index (χ1n) is 7.41. The number of rotatable bonds is 6. The molecule has 0 atom stereocenters. The third kappa shape index (κ3) is 3.88. The molecule has 1 heterocycles. The zero-order chi connectivity index (χ0) is 16.1. The van der Waals surface area contributed by atoms with Crippen molar-refractivity contribution < 1.29 is 13.9 Å². The first-order chi connectivity index (χ1) is 11.2. The number of halogens is 1. The van der Waals surface area contributed by atoms with Crippen LogP contribution in [0.15, 0.2) is 60.8 Å². The van der Waals surface area contributed by atoms with Crippen LogP contribution in [0, 0.1) is 5.82 Å². The normalized spacial score (nSPS) is 10.7. The van der Waals surface area contributed by atoms with E-state index in [9.17, 15) is 9.18 Å². The second-order valence-corrected chi connectivity index (χ2v) is 5.16. The van der Waals surface area contributed by atoms with Crippen LogP contribution < -0.4 is 10.1 Å². The first-order valence-corrected chi connectivity index (χ1v) is 7.41. The molecular weight excluding hydrogens is 295 g/mol. The summed E-state index contributed by atoms with van der Waals surface area (Å²) >= 11 is 0. The molecule has 0 spiro atoms. The van der Waals surface area contributed by atoms with Crippen LogP contribution >= 0.6 is 0 Å². The van der Waals surface area contributed by atoms with Crippen LogP contribution in [0.1, 0.15) is 0 Å². The second-order valence-electron chi connectivity index (χ2n) is 5.16. The molecule has 5 heteroatoms. The molecule has 0 saturated heterocycles. The molecule has 0 saturated carbocycles. The van der Waals surface area contributed by atoms with Crippen LogP contribution in [-0.2, 0) is 11.3 Å². The maximum atomic E-state index is 12.8. The number of carbonyl (C=O) groups is 1. The van der Waals surface area contributed by atoms with Crippen LogP contribution in [0.25, 0.3) is 10.9 Å². The van der Waals surface area contributed by atoms with Gasteiger partial charge >= 0.3 is 0 Å². The molecule has 1 aromatic heterocycles. The molecule has 3 rings (SSSR count). The summed E-state index contributed by atoms with van der Waals surface area (Å²) in [5.41, 5.74) is 1.14. The van der Waals surface area contributed by atoms with Gasteiger partial charge in [0.15, 0.2) is 6.61 Å². The summed E-state index contributed by atoms with van der Waals surface area (Å²) in [6.45, 7) is 1.12. The maximum Gasteiger partial charge on any atom is 0.258 e. The molecule has 2 aromatic carbocycles. The molecule has 23 heavy (non-hydrogen) atoms. The van der Waals surface area contributed by atoms with Gasteiger partial charge in [0.2, 0.25) is 0 Å². The van der Waals surface area contributed by atoms with E-state index < -0.39 is 0 Å². The van der Waals surface area contributed by atoms with Crippen molar-refractivity contribution in [3.8, 4) is 5.75 Å². The number of benzene rings is 2. The lowest BCUT2D eigenvalue weighted by Gasteiger charge is -2.09. The Labute approximate surface area is 133 Å². The van der Waals surface area contributed by atoms with E-state index in [2.05, 4.69) is 28.1 Å². The highest BCUT2D eigenvalue weighted by Gasteiger charge is 2.04. The lowest BCUT2D eigenvalue weighted by atomic mass is 10.2. The van der Waals surface area contributed by atoms with Gasteiger partial charge < -0.3 is 14.6 Å². The molecule has 0 aliphatic carbocycles. The number of aromatic nitrogens is 1. The molecule has 0 aliphatic rings. The first kappa shape index (κ1) is 15.1. The molecule has 118 valence electrons. The van der Waals surface area contributed by atoms with E-state index >= 15 is 0 Å². The smallest absolute Gasteiger partial charge is 0.258 e. The van der Waals surface area contributed by atoms with Crippen molar-refractivity contribution in [2.45, 2.75) is 6.54 Å². The number of nitrogens with zero attached hydrogens (tertiary/aromatic N) is 1. The number of para-hydroxylation sites is 1. The standard InChI is InChI=1S/C18H17FN2O2/c19-15-5-7-16(8-6-15)23-13-18(22)20-10-12-21-11-9-14-3-1-2-4-17(14)21/h1-9,11H,10,12-13H2,(H,20,22). The summed E-state index contributed by atoms with van der Waals surface area (Å²) in [5.74, 6) is -0.0653. The van der Waals surface area contributed by atoms with Gasteiger partial charge in [-0.2, -0.15) is 0 Å². The molecule has 3 aromatic rings. The Bertz CT molecular complexity index is 796. The lowest BCUT2D eigenvalue weighted by molar-refractivity contribution is -0.123. The third-order valence-corrected chi connectivity index (χ3v) is 3.54. The zero-order valence-corrected chi connectivity index (χ0v) is 12.5. The van der Waals surface area contributed by atoms with Crippen LogP contribution in [0.5, 0.6) is 5.75 Å². The highest BCUT2D eigenvalue weighted by atomic mass is 19.1. The summed E-state index contributed by atoms with van der Waals surface area (Å²) in [7, 11) is 0. The van der Waals surface area contributed by atoms with Crippen molar-refractivity contribution in [3.63, 3.8) is 0 Å². The summed E-state index contributed by atoms with van der Waals surface area (Å²) < 4.78 is 20.1. The summed E-state index contributed by atoms with van der Waals surface area (Å²) in [6.07, 6.45) is 2.01. The highest BCUT2D eigenvalue weighted by Crippen LogP contribution is 2.14. The molecular formula is C18H17FN2O2. The van der Waals surface area contributed by atoms with Crippen LogP contribution in [0.3, 0.4) is 0 Å². The minimum Gasteiger partial charge on any atom is -0.484 e. The van der Waals surface area contributed by atoms with Crippen molar-refractivity contribution >= 4 is 16.8 Å². The van der Waals surface area contributed by atoms with Gasteiger partial charge in [-0.3, -0.25) is 4.79 Å².